The van der Waals surface area contributed by atoms with E-state index in [1.54, 1.807) is 12.1 Å². The SMILES string of the molecule is CN(C)c1ccc(C(O)CNC(=O)c2cccc([N+](=O)[O-])c2)cc1. The van der Waals surface area contributed by atoms with Crippen molar-refractivity contribution < 1.29 is 14.8 Å². The lowest BCUT2D eigenvalue weighted by atomic mass is 10.1. The van der Waals surface area contributed by atoms with Crippen molar-refractivity contribution in [1.29, 1.82) is 0 Å². The van der Waals surface area contributed by atoms with Crippen molar-refractivity contribution in [3.8, 4) is 0 Å². The highest BCUT2D eigenvalue weighted by atomic mass is 16.6. The number of non-ortho nitro benzene ring substituents is 1. The Hall–Kier alpha value is -2.93. The summed E-state index contributed by atoms with van der Waals surface area (Å²) in [5.41, 5.74) is 1.72. The van der Waals surface area contributed by atoms with Gasteiger partial charge < -0.3 is 15.3 Å². The van der Waals surface area contributed by atoms with Crippen molar-refractivity contribution in [1.82, 2.24) is 5.32 Å². The summed E-state index contributed by atoms with van der Waals surface area (Å²) in [6.45, 7) is 0.0167. The lowest BCUT2D eigenvalue weighted by Gasteiger charge is -2.15. The van der Waals surface area contributed by atoms with Gasteiger partial charge in [0, 0.05) is 44.0 Å². The van der Waals surface area contributed by atoms with Crippen LogP contribution in [-0.2, 0) is 0 Å². The summed E-state index contributed by atoms with van der Waals surface area (Å²) >= 11 is 0. The minimum atomic E-state index is -0.858. The lowest BCUT2D eigenvalue weighted by Crippen LogP contribution is -2.28. The summed E-state index contributed by atoms with van der Waals surface area (Å²) in [6, 6.07) is 12.8. The van der Waals surface area contributed by atoms with Crippen LogP contribution in [0, 0.1) is 10.1 Å². The van der Waals surface area contributed by atoms with Gasteiger partial charge in [-0.2, -0.15) is 0 Å². The number of anilines is 1. The van der Waals surface area contributed by atoms with Crippen LogP contribution >= 0.6 is 0 Å². The van der Waals surface area contributed by atoms with E-state index in [1.807, 2.05) is 31.1 Å². The Morgan fingerprint density at radius 3 is 2.50 bits per heavy atom. The molecule has 1 unspecified atom stereocenters. The third kappa shape index (κ3) is 4.30. The average Bonchev–Trinajstić information content (AvgIpc) is 2.59. The zero-order valence-electron chi connectivity index (χ0n) is 13.5. The van der Waals surface area contributed by atoms with Crippen LogP contribution in [-0.4, -0.2) is 36.6 Å². The summed E-state index contributed by atoms with van der Waals surface area (Å²) in [5.74, 6) is -0.470. The number of benzene rings is 2. The molecule has 2 aromatic carbocycles. The van der Waals surface area contributed by atoms with Gasteiger partial charge in [0.25, 0.3) is 11.6 Å². The molecule has 7 heteroatoms. The molecule has 0 saturated heterocycles. The largest absolute Gasteiger partial charge is 0.387 e. The molecule has 24 heavy (non-hydrogen) atoms. The van der Waals surface area contributed by atoms with Crippen molar-refractivity contribution in [2.45, 2.75) is 6.10 Å². The molecule has 2 N–H and O–H groups in total. The van der Waals surface area contributed by atoms with Crippen molar-refractivity contribution in [2.24, 2.45) is 0 Å². The molecule has 2 aromatic rings. The van der Waals surface area contributed by atoms with E-state index in [4.69, 9.17) is 0 Å². The normalized spacial score (nSPS) is 11.6. The van der Waals surface area contributed by atoms with E-state index >= 15 is 0 Å². The molecule has 0 heterocycles. The summed E-state index contributed by atoms with van der Waals surface area (Å²) in [7, 11) is 3.84. The van der Waals surface area contributed by atoms with Crippen molar-refractivity contribution in [3.05, 3.63) is 69.8 Å². The van der Waals surface area contributed by atoms with Crippen LogP contribution in [0.15, 0.2) is 48.5 Å². The van der Waals surface area contributed by atoms with E-state index < -0.39 is 16.9 Å². The van der Waals surface area contributed by atoms with Gasteiger partial charge in [-0.05, 0) is 23.8 Å². The third-order valence-corrected chi connectivity index (χ3v) is 3.57. The highest BCUT2D eigenvalue weighted by Crippen LogP contribution is 2.18. The van der Waals surface area contributed by atoms with Crippen LogP contribution in [0.2, 0.25) is 0 Å². The number of hydrogen-bond acceptors (Lipinski definition) is 5. The Bertz CT molecular complexity index is 729. The minimum absolute atomic E-state index is 0.0167. The fourth-order valence-corrected chi connectivity index (χ4v) is 2.16. The molecular formula is C17H19N3O4. The van der Waals surface area contributed by atoms with Crippen molar-refractivity contribution in [3.63, 3.8) is 0 Å². The molecule has 0 bridgehead atoms. The second kappa shape index (κ2) is 7.56. The van der Waals surface area contributed by atoms with Gasteiger partial charge in [-0.1, -0.05) is 18.2 Å². The second-order valence-corrected chi connectivity index (χ2v) is 5.52. The highest BCUT2D eigenvalue weighted by Gasteiger charge is 2.14. The molecule has 0 aliphatic rings. The monoisotopic (exact) mass is 329 g/mol. The molecule has 0 radical (unpaired) electrons. The third-order valence-electron chi connectivity index (χ3n) is 3.57. The number of amides is 1. The van der Waals surface area contributed by atoms with E-state index in [0.717, 1.165) is 5.69 Å². The Labute approximate surface area is 139 Å². The molecule has 0 aliphatic carbocycles. The van der Waals surface area contributed by atoms with E-state index in [1.165, 1.54) is 24.3 Å². The molecule has 2 rings (SSSR count). The topological polar surface area (TPSA) is 95.7 Å². The predicted molar refractivity (Wildman–Crippen MR) is 91.2 cm³/mol. The number of rotatable bonds is 6. The van der Waals surface area contributed by atoms with Gasteiger partial charge in [-0.3, -0.25) is 14.9 Å². The van der Waals surface area contributed by atoms with Crippen molar-refractivity contribution >= 4 is 17.3 Å². The maximum Gasteiger partial charge on any atom is 0.270 e. The van der Waals surface area contributed by atoms with Crippen LogP contribution in [0.3, 0.4) is 0 Å². The molecular weight excluding hydrogens is 310 g/mol. The van der Waals surface area contributed by atoms with E-state index in [-0.39, 0.29) is 17.8 Å². The first-order valence-electron chi connectivity index (χ1n) is 7.36. The Morgan fingerprint density at radius 1 is 1.25 bits per heavy atom. The molecule has 0 saturated carbocycles. The zero-order valence-corrected chi connectivity index (χ0v) is 13.5. The number of aliphatic hydroxyl groups is 1. The summed E-state index contributed by atoms with van der Waals surface area (Å²) in [4.78, 5) is 24.2. The van der Waals surface area contributed by atoms with Gasteiger partial charge in [-0.15, -0.1) is 0 Å². The zero-order chi connectivity index (χ0) is 17.7. The van der Waals surface area contributed by atoms with Gasteiger partial charge in [0.2, 0.25) is 0 Å². The first-order chi connectivity index (χ1) is 11.4. The first-order valence-corrected chi connectivity index (χ1v) is 7.36. The summed E-state index contributed by atoms with van der Waals surface area (Å²) in [6.07, 6.45) is -0.858. The van der Waals surface area contributed by atoms with Gasteiger partial charge in [0.05, 0.1) is 11.0 Å². The predicted octanol–water partition coefficient (Wildman–Crippen LogP) is 2.12. The number of aliphatic hydroxyl groups excluding tert-OH is 1. The van der Waals surface area contributed by atoms with Crippen LogP contribution in [0.4, 0.5) is 11.4 Å². The van der Waals surface area contributed by atoms with E-state index in [0.29, 0.717) is 5.56 Å². The van der Waals surface area contributed by atoms with Gasteiger partial charge in [0.15, 0.2) is 0 Å². The van der Waals surface area contributed by atoms with Gasteiger partial charge in [0.1, 0.15) is 0 Å². The number of carbonyl (C=O) groups is 1. The van der Waals surface area contributed by atoms with Crippen LogP contribution in [0.1, 0.15) is 22.0 Å². The molecule has 1 atom stereocenters. The number of nitro benzene ring substituents is 1. The molecule has 7 nitrogen and oxygen atoms in total. The average molecular weight is 329 g/mol. The van der Waals surface area contributed by atoms with E-state index in [9.17, 15) is 20.0 Å². The quantitative estimate of drug-likeness (QED) is 0.625. The Kier molecular flexibility index (Phi) is 5.49. The van der Waals surface area contributed by atoms with Crippen molar-refractivity contribution in [2.75, 3.05) is 25.5 Å². The Morgan fingerprint density at radius 2 is 1.92 bits per heavy atom. The number of hydrogen-bond donors (Lipinski definition) is 2. The molecule has 126 valence electrons. The Balaban J connectivity index is 1.98. The fraction of sp³-hybridized carbons (Fsp3) is 0.235. The number of nitro groups is 1. The first kappa shape index (κ1) is 17.4. The van der Waals surface area contributed by atoms with E-state index in [2.05, 4.69) is 5.32 Å². The maximum atomic E-state index is 12.0. The van der Waals surface area contributed by atoms with Gasteiger partial charge >= 0.3 is 0 Å². The molecule has 1 amide bonds. The van der Waals surface area contributed by atoms with Crippen LogP contribution in [0.25, 0.3) is 0 Å². The number of nitrogens with zero attached hydrogens (tertiary/aromatic N) is 2. The lowest BCUT2D eigenvalue weighted by molar-refractivity contribution is -0.384. The smallest absolute Gasteiger partial charge is 0.270 e. The standard InChI is InChI=1S/C17H19N3O4/c1-19(2)14-8-6-12(7-9-14)16(21)11-18-17(22)13-4-3-5-15(10-13)20(23)24/h3-10,16,21H,11H2,1-2H3,(H,18,22). The van der Waals surface area contributed by atoms with Crippen LogP contribution in [0.5, 0.6) is 0 Å². The maximum absolute atomic E-state index is 12.0. The second-order valence-electron chi connectivity index (χ2n) is 5.52. The van der Waals surface area contributed by atoms with Crippen LogP contribution < -0.4 is 10.2 Å². The number of carbonyl (C=O) groups excluding carboxylic acids is 1. The summed E-state index contributed by atoms with van der Waals surface area (Å²) in [5, 5.41) is 23.5. The molecule has 0 fully saturated rings. The number of nitrogens with one attached hydrogen (secondary N) is 1. The fourth-order valence-electron chi connectivity index (χ4n) is 2.16. The van der Waals surface area contributed by atoms with Gasteiger partial charge in [-0.25, -0.2) is 0 Å². The molecule has 0 aliphatic heterocycles. The molecule has 0 spiro atoms. The molecule has 0 aromatic heterocycles. The summed E-state index contributed by atoms with van der Waals surface area (Å²) < 4.78 is 0. The minimum Gasteiger partial charge on any atom is -0.387 e. The highest BCUT2D eigenvalue weighted by molar-refractivity contribution is 5.94.